The molecule has 156 valence electrons. The highest BCUT2D eigenvalue weighted by molar-refractivity contribution is 7.92. The largest absolute Gasteiger partial charge is 0.465 e. The first-order valence-corrected chi connectivity index (χ1v) is 11.3. The van der Waals surface area contributed by atoms with E-state index in [0.29, 0.717) is 37.0 Å². The van der Waals surface area contributed by atoms with E-state index in [9.17, 15) is 18.0 Å². The van der Waals surface area contributed by atoms with Crippen molar-refractivity contribution in [3.8, 4) is 6.07 Å². The fraction of sp³-hybridized carbons (Fsp3) is 0.550. The molecule has 1 aliphatic heterocycles. The summed E-state index contributed by atoms with van der Waals surface area (Å²) in [5, 5.41) is 18.2. The third-order valence-corrected chi connectivity index (χ3v) is 7.96. The van der Waals surface area contributed by atoms with Gasteiger partial charge in [-0.2, -0.15) is 5.26 Å². The molecule has 8 nitrogen and oxygen atoms in total. The fourth-order valence-corrected chi connectivity index (χ4v) is 5.49. The fourth-order valence-electron chi connectivity index (χ4n) is 3.64. The lowest BCUT2D eigenvalue weighted by Crippen LogP contribution is -2.44. The van der Waals surface area contributed by atoms with Crippen LogP contribution >= 0.6 is 0 Å². The number of rotatable bonds is 4. The number of hydrogen-bond donors (Lipinski definition) is 2. The Morgan fingerprint density at radius 2 is 1.83 bits per heavy atom. The van der Waals surface area contributed by atoms with Gasteiger partial charge in [0.15, 0.2) is 9.84 Å². The molecule has 9 heteroatoms. The number of likely N-dealkylation sites (tertiary alicyclic amines) is 1. The monoisotopic (exact) mass is 419 g/mol. The SMILES string of the molecule is N#CC1(NC(=O)O)CC1.O=C([C@@H]1CC[C@@H](S(=O)(=O)c2ccccc2)C1)N1CCC1. The van der Waals surface area contributed by atoms with Gasteiger partial charge in [-0.1, -0.05) is 18.2 Å². The lowest BCUT2D eigenvalue weighted by Gasteiger charge is -2.33. The van der Waals surface area contributed by atoms with Crippen LogP contribution in [0.4, 0.5) is 4.79 Å². The van der Waals surface area contributed by atoms with E-state index in [1.165, 1.54) is 0 Å². The minimum Gasteiger partial charge on any atom is -0.465 e. The lowest BCUT2D eigenvalue weighted by atomic mass is 10.0. The van der Waals surface area contributed by atoms with Crippen molar-refractivity contribution < 1.29 is 23.1 Å². The van der Waals surface area contributed by atoms with Crippen LogP contribution in [0.1, 0.15) is 38.5 Å². The first-order valence-electron chi connectivity index (χ1n) is 9.77. The molecule has 0 bridgehead atoms. The van der Waals surface area contributed by atoms with Gasteiger partial charge in [0.25, 0.3) is 0 Å². The number of carbonyl (C=O) groups excluding carboxylic acids is 1. The van der Waals surface area contributed by atoms with E-state index in [1.807, 2.05) is 17.0 Å². The van der Waals surface area contributed by atoms with Gasteiger partial charge in [0.2, 0.25) is 5.91 Å². The van der Waals surface area contributed by atoms with Crippen LogP contribution in [0.3, 0.4) is 0 Å². The highest BCUT2D eigenvalue weighted by Crippen LogP contribution is 2.35. The Morgan fingerprint density at radius 1 is 1.17 bits per heavy atom. The van der Waals surface area contributed by atoms with E-state index in [2.05, 4.69) is 5.32 Å². The Morgan fingerprint density at radius 3 is 2.28 bits per heavy atom. The van der Waals surface area contributed by atoms with E-state index in [0.717, 1.165) is 19.5 Å². The van der Waals surface area contributed by atoms with Crippen LogP contribution in [0, 0.1) is 17.2 Å². The zero-order valence-corrected chi connectivity index (χ0v) is 16.9. The third kappa shape index (κ3) is 4.88. The number of nitrogens with one attached hydrogen (secondary N) is 1. The van der Waals surface area contributed by atoms with Gasteiger partial charge < -0.3 is 15.3 Å². The van der Waals surface area contributed by atoms with Crippen molar-refractivity contribution in [2.75, 3.05) is 13.1 Å². The molecule has 0 unspecified atom stereocenters. The summed E-state index contributed by atoms with van der Waals surface area (Å²) in [6.45, 7) is 1.68. The summed E-state index contributed by atoms with van der Waals surface area (Å²) < 4.78 is 25.1. The van der Waals surface area contributed by atoms with Crippen molar-refractivity contribution in [1.29, 1.82) is 5.26 Å². The van der Waals surface area contributed by atoms with E-state index in [1.54, 1.807) is 24.3 Å². The Kier molecular flexibility index (Phi) is 6.13. The molecule has 2 saturated carbocycles. The Bertz CT molecular complexity index is 902. The molecule has 29 heavy (non-hydrogen) atoms. The predicted octanol–water partition coefficient (Wildman–Crippen LogP) is 2.17. The molecule has 1 aromatic carbocycles. The Labute approximate surface area is 170 Å². The molecule has 3 aliphatic rings. The van der Waals surface area contributed by atoms with E-state index in [4.69, 9.17) is 10.4 Å². The quantitative estimate of drug-likeness (QED) is 0.770. The molecule has 1 saturated heterocycles. The number of nitriles is 1. The van der Waals surface area contributed by atoms with Gasteiger partial charge in [0, 0.05) is 19.0 Å². The zero-order valence-electron chi connectivity index (χ0n) is 16.1. The van der Waals surface area contributed by atoms with Gasteiger partial charge in [-0.3, -0.25) is 4.79 Å². The molecule has 1 aromatic rings. The number of benzene rings is 1. The maximum absolute atomic E-state index is 12.5. The lowest BCUT2D eigenvalue weighted by molar-refractivity contribution is -0.138. The minimum absolute atomic E-state index is 0.0983. The van der Waals surface area contributed by atoms with Crippen molar-refractivity contribution in [1.82, 2.24) is 10.2 Å². The van der Waals surface area contributed by atoms with Gasteiger partial charge in [-0.15, -0.1) is 0 Å². The zero-order chi connectivity index (χ0) is 21.1. The summed E-state index contributed by atoms with van der Waals surface area (Å²) in [5.41, 5.74) is -0.730. The smallest absolute Gasteiger partial charge is 0.405 e. The van der Waals surface area contributed by atoms with Crippen molar-refractivity contribution in [3.63, 3.8) is 0 Å². The van der Waals surface area contributed by atoms with Crippen molar-refractivity contribution in [3.05, 3.63) is 30.3 Å². The van der Waals surface area contributed by atoms with Gasteiger partial charge in [0.05, 0.1) is 16.2 Å². The van der Waals surface area contributed by atoms with Crippen LogP contribution in [-0.2, 0) is 14.6 Å². The number of nitrogens with zero attached hydrogens (tertiary/aromatic N) is 2. The summed E-state index contributed by atoms with van der Waals surface area (Å²) in [5.74, 6) is 0.0563. The molecule has 2 N–H and O–H groups in total. The molecular weight excluding hydrogens is 394 g/mol. The Balaban J connectivity index is 0.000000224. The maximum Gasteiger partial charge on any atom is 0.405 e. The standard InChI is InChI=1S/C15H19NO3S.C5H6N2O2/c17-15(16-9-4-10-16)12-7-8-14(11-12)20(18,19)13-5-2-1-3-6-13;6-3-5(1-2-5)7-4(8)9/h1-3,5-6,12,14H,4,7-11H2;7H,1-2H2,(H,8,9)/t12-,14-;/m1./s1. The first-order chi connectivity index (χ1) is 13.8. The second-order valence-corrected chi connectivity index (χ2v) is 10.0. The van der Waals surface area contributed by atoms with Gasteiger partial charge >= 0.3 is 6.09 Å². The van der Waals surface area contributed by atoms with Crippen molar-refractivity contribution in [2.45, 2.75) is 54.2 Å². The van der Waals surface area contributed by atoms with Crippen molar-refractivity contribution >= 4 is 21.8 Å². The summed E-state index contributed by atoms with van der Waals surface area (Å²) in [6.07, 6.45) is 3.03. The highest BCUT2D eigenvalue weighted by Gasteiger charge is 2.44. The van der Waals surface area contributed by atoms with Crippen LogP contribution in [0.25, 0.3) is 0 Å². The molecule has 1 heterocycles. The van der Waals surface area contributed by atoms with Crippen molar-refractivity contribution in [2.24, 2.45) is 5.92 Å². The second-order valence-electron chi connectivity index (χ2n) is 7.79. The summed E-state index contributed by atoms with van der Waals surface area (Å²) >= 11 is 0. The van der Waals surface area contributed by atoms with Crippen LogP contribution in [0.15, 0.2) is 35.2 Å². The number of hydrogen-bond acceptors (Lipinski definition) is 5. The van der Waals surface area contributed by atoms with Crippen LogP contribution in [0.2, 0.25) is 0 Å². The van der Waals surface area contributed by atoms with Crippen LogP contribution in [0.5, 0.6) is 0 Å². The number of sulfone groups is 1. The molecule has 3 fully saturated rings. The number of amides is 2. The van der Waals surface area contributed by atoms with Crippen LogP contribution in [-0.4, -0.2) is 54.3 Å². The van der Waals surface area contributed by atoms with E-state index in [-0.39, 0.29) is 11.8 Å². The average Bonchev–Trinajstić information content (AvgIpc) is 3.23. The Hall–Kier alpha value is -2.60. The molecule has 2 amide bonds. The van der Waals surface area contributed by atoms with Gasteiger partial charge in [-0.05, 0) is 50.7 Å². The van der Waals surface area contributed by atoms with Gasteiger partial charge in [0.1, 0.15) is 5.54 Å². The second kappa shape index (κ2) is 8.41. The van der Waals surface area contributed by atoms with E-state index < -0.39 is 26.7 Å². The van der Waals surface area contributed by atoms with Gasteiger partial charge in [-0.25, -0.2) is 13.2 Å². The number of carboxylic acid groups (broad SMARTS) is 1. The predicted molar refractivity (Wildman–Crippen MR) is 105 cm³/mol. The maximum atomic E-state index is 12.5. The molecule has 2 atom stereocenters. The van der Waals surface area contributed by atoms with Crippen LogP contribution < -0.4 is 5.32 Å². The topological polar surface area (TPSA) is 128 Å². The summed E-state index contributed by atoms with van der Waals surface area (Å²) in [7, 11) is -3.29. The summed E-state index contributed by atoms with van der Waals surface area (Å²) in [6, 6.07) is 10.5. The van der Waals surface area contributed by atoms with E-state index >= 15 is 0 Å². The normalized spacial score (nSPS) is 24.3. The molecule has 0 spiro atoms. The first kappa shape index (κ1) is 21.1. The molecule has 0 aromatic heterocycles. The molecule has 4 rings (SSSR count). The highest BCUT2D eigenvalue weighted by atomic mass is 32.2. The molecule has 2 aliphatic carbocycles. The molecule has 0 radical (unpaired) electrons. The minimum atomic E-state index is -3.29. The summed E-state index contributed by atoms with van der Waals surface area (Å²) in [4.78, 5) is 24.3. The average molecular weight is 420 g/mol. The number of carbonyl (C=O) groups is 2. The third-order valence-electron chi connectivity index (χ3n) is 5.72. The molecular formula is C20H25N3O5S.